The smallest absolute Gasteiger partial charge is 0.412 e. The molecule has 2 aliphatic rings. The molecule has 2 aliphatic heterocycles. The van der Waals surface area contributed by atoms with Crippen LogP contribution in [0.1, 0.15) is 0 Å². The number of carbonyl (C=O) groups is 1. The van der Waals surface area contributed by atoms with Gasteiger partial charge in [-0.3, -0.25) is 0 Å². The van der Waals surface area contributed by atoms with Crippen molar-refractivity contribution in [2.24, 2.45) is 0 Å². The summed E-state index contributed by atoms with van der Waals surface area (Å²) in [6.07, 6.45) is 0. The fraction of sp³-hybridized carbons (Fsp3) is 0. The summed E-state index contributed by atoms with van der Waals surface area (Å²) < 4.78 is 11.5. The lowest BCUT2D eigenvalue weighted by molar-refractivity contribution is 0.226. The number of anilines is 12. The van der Waals surface area contributed by atoms with Crippen molar-refractivity contribution < 1.29 is 13.7 Å². The molecule has 0 bridgehead atoms. The summed E-state index contributed by atoms with van der Waals surface area (Å²) in [5.74, 6) is 0.958. The zero-order chi connectivity index (χ0) is 38.1. The second kappa shape index (κ2) is 14.7. The minimum Gasteiger partial charge on any atom is -0.416 e. The first-order valence-corrected chi connectivity index (χ1v) is 19.4. The Bertz CT molecular complexity index is 2620. The molecule has 8 aromatic rings. The van der Waals surface area contributed by atoms with Crippen LogP contribution < -0.4 is 28.5 Å². The van der Waals surface area contributed by atoms with E-state index < -0.39 is 5.30 Å². The summed E-state index contributed by atoms with van der Waals surface area (Å²) in [6.45, 7) is 0. The molecule has 2 heterocycles. The maximum absolute atomic E-state index is 13.0. The maximum Gasteiger partial charge on any atom is 0.412 e. The van der Waals surface area contributed by atoms with Crippen molar-refractivity contribution in [1.82, 2.24) is 0 Å². The van der Waals surface area contributed by atoms with Gasteiger partial charge >= 0.3 is 5.30 Å². The first-order chi connectivity index (χ1) is 28.2. The lowest BCUT2D eigenvalue weighted by atomic mass is 10.0. The number of ether oxygens (including phenoxy) is 1. The van der Waals surface area contributed by atoms with E-state index in [1.807, 2.05) is 60.7 Å². The highest BCUT2D eigenvalue weighted by molar-refractivity contribution is 8.09. The van der Waals surface area contributed by atoms with E-state index in [4.69, 9.17) is 8.92 Å². The molecule has 8 heteroatoms. The molecule has 0 aliphatic carbocycles. The summed E-state index contributed by atoms with van der Waals surface area (Å²) in [7, 11) is 0. The standard InChI is InChI=1S/C49H34N4O3S/c54-49(55-39-31-27-37(28-32-39)52-45-23-11-7-19-41(45)50(35-15-3-1-4-16-35)42-20-8-12-24-46(42)52)57-56-40-33-29-38(30-34-40)53-47-25-13-9-21-43(47)51(36-17-5-2-6-18-36)44-22-10-14-26-48(44)53/h1-34H. The van der Waals surface area contributed by atoms with E-state index in [-0.39, 0.29) is 0 Å². The van der Waals surface area contributed by atoms with E-state index in [1.54, 1.807) is 0 Å². The topological polar surface area (TPSA) is 48.5 Å². The Morgan fingerprint density at radius 1 is 0.316 bits per heavy atom. The van der Waals surface area contributed by atoms with Crippen LogP contribution in [0, 0.1) is 0 Å². The summed E-state index contributed by atoms with van der Waals surface area (Å²) in [6, 6.07) is 69.6. The maximum atomic E-state index is 13.0. The third-order valence-corrected chi connectivity index (χ3v) is 10.6. The highest BCUT2D eigenvalue weighted by Gasteiger charge is 2.31. The summed E-state index contributed by atoms with van der Waals surface area (Å²) in [4.78, 5) is 22.1. The molecule has 0 fully saturated rings. The van der Waals surface area contributed by atoms with Gasteiger partial charge in [0, 0.05) is 22.7 Å². The molecule has 274 valence electrons. The average molecular weight is 759 g/mol. The van der Waals surface area contributed by atoms with Gasteiger partial charge in [0.15, 0.2) is 12.0 Å². The average Bonchev–Trinajstić information content (AvgIpc) is 3.28. The number of carbonyl (C=O) groups excluding carboxylic acids is 1. The van der Waals surface area contributed by atoms with Crippen LogP contribution >= 0.6 is 12.0 Å². The van der Waals surface area contributed by atoms with E-state index >= 15 is 0 Å². The summed E-state index contributed by atoms with van der Waals surface area (Å²) in [5.41, 5.74) is 12.6. The first-order valence-electron chi connectivity index (χ1n) is 18.6. The van der Waals surface area contributed by atoms with Gasteiger partial charge < -0.3 is 28.5 Å². The SMILES string of the molecule is O=C(Oc1ccc(N2c3ccccc3N(c3ccccc3)c3ccccc32)cc1)SOc1ccc(N2c3ccccc3N(c3ccccc3)c3ccccc32)cc1. The normalized spacial score (nSPS) is 12.6. The number of para-hydroxylation sites is 10. The molecule has 0 spiro atoms. The van der Waals surface area contributed by atoms with Crippen molar-refractivity contribution in [3.8, 4) is 11.5 Å². The Balaban J connectivity index is 0.842. The van der Waals surface area contributed by atoms with Crippen LogP contribution in [-0.2, 0) is 0 Å². The van der Waals surface area contributed by atoms with Crippen molar-refractivity contribution in [1.29, 1.82) is 0 Å². The van der Waals surface area contributed by atoms with Gasteiger partial charge in [0.05, 0.1) is 45.5 Å². The quantitative estimate of drug-likeness (QED) is 0.118. The molecule has 0 unspecified atom stereocenters. The Hall–Kier alpha value is -7.42. The number of rotatable bonds is 7. The monoisotopic (exact) mass is 758 g/mol. The van der Waals surface area contributed by atoms with E-state index in [1.165, 1.54) is 0 Å². The van der Waals surface area contributed by atoms with E-state index in [0.717, 1.165) is 68.2 Å². The predicted molar refractivity (Wildman–Crippen MR) is 233 cm³/mol. The van der Waals surface area contributed by atoms with E-state index in [9.17, 15) is 4.79 Å². The minimum atomic E-state index is -0.570. The number of benzene rings is 8. The molecule has 0 atom stereocenters. The van der Waals surface area contributed by atoms with Crippen LogP contribution in [0.2, 0.25) is 0 Å². The highest BCUT2D eigenvalue weighted by Crippen LogP contribution is 2.55. The Morgan fingerprint density at radius 3 is 0.895 bits per heavy atom. The van der Waals surface area contributed by atoms with Gasteiger partial charge in [-0.2, -0.15) is 0 Å². The Morgan fingerprint density at radius 2 is 0.579 bits per heavy atom. The van der Waals surface area contributed by atoms with Gasteiger partial charge in [-0.25, -0.2) is 4.79 Å². The van der Waals surface area contributed by atoms with Gasteiger partial charge in [0.1, 0.15) is 11.5 Å². The van der Waals surface area contributed by atoms with Gasteiger partial charge in [-0.1, -0.05) is 84.9 Å². The molecule has 0 saturated heterocycles. The van der Waals surface area contributed by atoms with Crippen LogP contribution in [0.5, 0.6) is 11.5 Å². The molecule has 7 nitrogen and oxygen atoms in total. The predicted octanol–water partition coefficient (Wildman–Crippen LogP) is 14.4. The van der Waals surface area contributed by atoms with Gasteiger partial charge in [0.25, 0.3) is 0 Å². The molecule has 0 N–H and O–H groups in total. The van der Waals surface area contributed by atoms with Gasteiger partial charge in [-0.15, -0.1) is 0 Å². The van der Waals surface area contributed by atoms with Crippen molar-refractivity contribution in [3.63, 3.8) is 0 Å². The number of fused-ring (bicyclic) bond motifs is 4. The second-order valence-corrected chi connectivity index (χ2v) is 14.1. The Labute approximate surface area is 335 Å². The lowest BCUT2D eigenvalue weighted by Crippen LogP contribution is -2.23. The number of hydrogen-bond acceptors (Lipinski definition) is 8. The molecule has 0 saturated carbocycles. The fourth-order valence-corrected chi connectivity index (χ4v) is 8.07. The minimum absolute atomic E-state index is 0.423. The molecule has 57 heavy (non-hydrogen) atoms. The van der Waals surface area contributed by atoms with Crippen LogP contribution in [-0.4, -0.2) is 5.30 Å². The van der Waals surface area contributed by atoms with Crippen LogP contribution in [0.4, 0.5) is 73.0 Å². The van der Waals surface area contributed by atoms with Crippen LogP contribution in [0.3, 0.4) is 0 Å². The molecule has 0 radical (unpaired) electrons. The molecule has 0 amide bonds. The third-order valence-electron chi connectivity index (χ3n) is 10.1. The van der Waals surface area contributed by atoms with Crippen molar-refractivity contribution >= 4 is 85.6 Å². The number of nitrogens with zero attached hydrogens (tertiary/aromatic N) is 4. The zero-order valence-electron chi connectivity index (χ0n) is 30.6. The van der Waals surface area contributed by atoms with E-state index in [2.05, 4.69) is 165 Å². The molecule has 10 rings (SSSR count). The van der Waals surface area contributed by atoms with Crippen LogP contribution in [0.25, 0.3) is 0 Å². The summed E-state index contributed by atoms with van der Waals surface area (Å²) >= 11 is 0.655. The van der Waals surface area contributed by atoms with Gasteiger partial charge in [-0.05, 0) is 121 Å². The first kappa shape index (κ1) is 34.1. The highest BCUT2D eigenvalue weighted by atomic mass is 32.2. The van der Waals surface area contributed by atoms with Crippen molar-refractivity contribution in [3.05, 3.63) is 206 Å². The molecular weight excluding hydrogens is 725 g/mol. The molecule has 8 aromatic carbocycles. The van der Waals surface area contributed by atoms with Crippen LogP contribution in [0.15, 0.2) is 206 Å². The third kappa shape index (κ3) is 6.28. The molecular formula is C49H34N4O3S. The fourth-order valence-electron chi connectivity index (χ4n) is 7.66. The van der Waals surface area contributed by atoms with Crippen molar-refractivity contribution in [2.45, 2.75) is 0 Å². The lowest BCUT2D eigenvalue weighted by Gasteiger charge is -2.40. The summed E-state index contributed by atoms with van der Waals surface area (Å²) in [5, 5.41) is -0.570. The second-order valence-electron chi connectivity index (χ2n) is 13.5. The Kier molecular flexibility index (Phi) is 8.78. The zero-order valence-corrected chi connectivity index (χ0v) is 31.4. The number of hydrogen-bond donors (Lipinski definition) is 0. The van der Waals surface area contributed by atoms with E-state index in [0.29, 0.717) is 23.5 Å². The molecule has 0 aromatic heterocycles. The van der Waals surface area contributed by atoms with Gasteiger partial charge in [0.2, 0.25) is 0 Å². The largest absolute Gasteiger partial charge is 0.416 e. The van der Waals surface area contributed by atoms with Crippen molar-refractivity contribution in [2.75, 3.05) is 19.6 Å².